The van der Waals surface area contributed by atoms with Gasteiger partial charge in [-0.2, -0.15) is 15.0 Å². The first-order chi connectivity index (χ1) is 17.7. The first-order valence-corrected chi connectivity index (χ1v) is 15.1. The third-order valence-electron chi connectivity index (χ3n) is 11.2. The van der Waals surface area contributed by atoms with E-state index in [2.05, 4.69) is 44.8 Å². The fraction of sp³-hybridized carbons (Fsp3) is 0.781. The molecule has 4 aliphatic carbocycles. The molecule has 8 unspecified atom stereocenters. The Bertz CT molecular complexity index is 1110. The van der Waals surface area contributed by atoms with E-state index in [1.165, 1.54) is 57.8 Å². The lowest BCUT2D eigenvalue weighted by molar-refractivity contribution is -0.137. The molecule has 1 aromatic heterocycles. The average molecular weight is 508 g/mol. The van der Waals surface area contributed by atoms with Gasteiger partial charge in [0.15, 0.2) is 5.78 Å². The van der Waals surface area contributed by atoms with Gasteiger partial charge in [0, 0.05) is 12.0 Å². The smallest absolute Gasteiger partial charge is 0.159 e. The molecule has 0 N–H and O–H groups in total. The van der Waals surface area contributed by atoms with Gasteiger partial charge >= 0.3 is 0 Å². The number of carbonyl (C=O) groups excluding carboxylic acids is 1. The average Bonchev–Trinajstić information content (AvgIpc) is 3.44. The quantitative estimate of drug-likeness (QED) is 0.425. The topological polar surface area (TPSA) is 57.0 Å². The highest BCUT2D eigenvalue weighted by molar-refractivity contribution is 5.82. The molecule has 8 atom stereocenters. The Hall–Kier alpha value is -1.91. The van der Waals surface area contributed by atoms with E-state index < -0.39 is 0 Å². The largest absolute Gasteiger partial charge is 0.497 e. The van der Waals surface area contributed by atoms with E-state index in [1.807, 2.05) is 18.2 Å². The summed E-state index contributed by atoms with van der Waals surface area (Å²) in [4.78, 5) is 15.3. The van der Waals surface area contributed by atoms with Crippen LogP contribution in [-0.4, -0.2) is 27.9 Å². The number of aromatic nitrogens is 3. The minimum Gasteiger partial charge on any atom is -0.497 e. The molecule has 2 aromatic rings. The summed E-state index contributed by atoms with van der Waals surface area (Å²) >= 11 is 0. The lowest BCUT2D eigenvalue weighted by Crippen LogP contribution is -2.53. The van der Waals surface area contributed by atoms with Gasteiger partial charge in [-0.05, 0) is 104 Å². The highest BCUT2D eigenvalue weighted by Crippen LogP contribution is 2.67. The predicted molar refractivity (Wildman–Crippen MR) is 149 cm³/mol. The van der Waals surface area contributed by atoms with Crippen LogP contribution in [0.4, 0.5) is 0 Å². The van der Waals surface area contributed by atoms with Gasteiger partial charge in [0.1, 0.15) is 23.3 Å². The standard InChI is InChI=1S/C29H41N3O2.C3H8/c1-18-11-13-28(2)19(15-18)5-7-21-22-8-9-24(29(22,3)14-12-23(21)28)27(33)17-32-30-25-10-6-20(34-4)16-26(25)31-32;1-3-2/h6,10,16,18-19,21-24H,5,7-9,11-15,17H2,1-4H3;3H2,1-2H3. The maximum atomic E-state index is 13.6. The number of ether oxygens (including phenoxy) is 1. The van der Waals surface area contributed by atoms with E-state index in [4.69, 9.17) is 4.74 Å². The molecule has 0 amide bonds. The summed E-state index contributed by atoms with van der Waals surface area (Å²) in [6.07, 6.45) is 13.2. The number of Topliss-reactive ketones (excluding diaryl/α,β-unsaturated/α-hetero) is 1. The molecule has 4 aliphatic rings. The van der Waals surface area contributed by atoms with Crippen molar-refractivity contribution in [1.29, 1.82) is 0 Å². The first-order valence-electron chi connectivity index (χ1n) is 15.1. The molecule has 1 heterocycles. The van der Waals surface area contributed by atoms with Crippen molar-refractivity contribution >= 4 is 16.8 Å². The van der Waals surface area contributed by atoms with Crippen molar-refractivity contribution in [2.45, 2.75) is 105 Å². The Balaban J connectivity index is 0.000000892. The van der Waals surface area contributed by atoms with Gasteiger partial charge in [0.05, 0.1) is 7.11 Å². The van der Waals surface area contributed by atoms with E-state index >= 15 is 0 Å². The van der Waals surface area contributed by atoms with Gasteiger partial charge in [-0.25, -0.2) is 0 Å². The van der Waals surface area contributed by atoms with Crippen molar-refractivity contribution in [3.05, 3.63) is 18.2 Å². The van der Waals surface area contributed by atoms with Crippen LogP contribution in [0.3, 0.4) is 0 Å². The fourth-order valence-corrected chi connectivity index (χ4v) is 9.39. The number of carbonyl (C=O) groups is 1. The third kappa shape index (κ3) is 4.63. The maximum Gasteiger partial charge on any atom is 0.159 e. The lowest BCUT2D eigenvalue weighted by Gasteiger charge is -2.61. The number of ketones is 1. The molecule has 37 heavy (non-hydrogen) atoms. The van der Waals surface area contributed by atoms with Crippen molar-refractivity contribution in [2.75, 3.05) is 7.11 Å². The number of rotatable bonds is 4. The Morgan fingerprint density at radius 1 is 0.973 bits per heavy atom. The van der Waals surface area contributed by atoms with Crippen molar-refractivity contribution < 1.29 is 9.53 Å². The Morgan fingerprint density at radius 2 is 1.68 bits per heavy atom. The predicted octanol–water partition coefficient (Wildman–Crippen LogP) is 7.72. The molecule has 1 aromatic carbocycles. The highest BCUT2D eigenvalue weighted by Gasteiger charge is 2.60. The lowest BCUT2D eigenvalue weighted by atomic mass is 9.44. The third-order valence-corrected chi connectivity index (χ3v) is 11.2. The molecule has 0 bridgehead atoms. The molecule has 5 heteroatoms. The second-order valence-electron chi connectivity index (χ2n) is 13.5. The van der Waals surface area contributed by atoms with Crippen LogP contribution < -0.4 is 4.74 Å². The molecule has 4 fully saturated rings. The maximum absolute atomic E-state index is 13.6. The molecule has 0 aliphatic heterocycles. The molecule has 204 valence electrons. The van der Waals surface area contributed by atoms with Crippen molar-refractivity contribution in [3.63, 3.8) is 0 Å². The van der Waals surface area contributed by atoms with Crippen LogP contribution in [0.15, 0.2) is 18.2 Å². The molecule has 6 rings (SSSR count). The summed E-state index contributed by atoms with van der Waals surface area (Å²) in [5, 5.41) is 9.17. The van der Waals surface area contributed by atoms with Crippen LogP contribution in [-0.2, 0) is 11.3 Å². The zero-order valence-electron chi connectivity index (χ0n) is 24.1. The zero-order chi connectivity index (χ0) is 26.4. The SMILES string of the molecule is CCC.COc1ccc2nn(CC(=O)C3CCC4C5CCC6CC(C)CCC6(C)C5CCC34C)nc2c1. The Labute approximate surface area is 224 Å². The van der Waals surface area contributed by atoms with Crippen LogP contribution in [0.2, 0.25) is 0 Å². The van der Waals surface area contributed by atoms with Crippen LogP contribution in [0.25, 0.3) is 11.0 Å². The van der Waals surface area contributed by atoms with E-state index in [0.29, 0.717) is 17.1 Å². The molecule has 0 saturated heterocycles. The summed E-state index contributed by atoms with van der Waals surface area (Å²) in [6, 6.07) is 5.70. The minimum atomic E-state index is 0.152. The first kappa shape index (κ1) is 26.7. The molecule has 0 spiro atoms. The van der Waals surface area contributed by atoms with Gasteiger partial charge in [0.2, 0.25) is 0 Å². The number of nitrogens with zero attached hydrogens (tertiary/aromatic N) is 3. The van der Waals surface area contributed by atoms with E-state index in [9.17, 15) is 4.79 Å². The molecular formula is C32H49N3O2. The summed E-state index contributed by atoms with van der Waals surface area (Å²) in [7, 11) is 1.66. The van der Waals surface area contributed by atoms with E-state index in [0.717, 1.165) is 46.9 Å². The second kappa shape index (κ2) is 10.3. The van der Waals surface area contributed by atoms with Gasteiger partial charge in [-0.15, -0.1) is 0 Å². The summed E-state index contributed by atoms with van der Waals surface area (Å²) in [6.45, 7) is 12.1. The van der Waals surface area contributed by atoms with Crippen LogP contribution in [0, 0.1) is 46.3 Å². The number of hydrogen-bond donors (Lipinski definition) is 0. The number of methoxy groups -OCH3 is 1. The van der Waals surface area contributed by atoms with E-state index in [1.54, 1.807) is 11.9 Å². The fourth-order valence-electron chi connectivity index (χ4n) is 9.39. The minimum absolute atomic E-state index is 0.152. The van der Waals surface area contributed by atoms with Gasteiger partial charge in [0.25, 0.3) is 0 Å². The molecule has 4 saturated carbocycles. The van der Waals surface area contributed by atoms with Crippen molar-refractivity contribution in [3.8, 4) is 5.75 Å². The molecule has 0 radical (unpaired) electrons. The van der Waals surface area contributed by atoms with Gasteiger partial charge in [-0.1, -0.05) is 47.5 Å². The molecule has 5 nitrogen and oxygen atoms in total. The van der Waals surface area contributed by atoms with Crippen LogP contribution in [0.5, 0.6) is 5.75 Å². The van der Waals surface area contributed by atoms with Gasteiger partial charge in [-0.3, -0.25) is 4.79 Å². The highest BCUT2D eigenvalue weighted by atomic mass is 16.5. The van der Waals surface area contributed by atoms with E-state index in [-0.39, 0.29) is 17.9 Å². The molecular weight excluding hydrogens is 458 g/mol. The Kier molecular flexibility index (Phi) is 7.46. The monoisotopic (exact) mass is 507 g/mol. The number of fused-ring (bicyclic) bond motifs is 6. The van der Waals surface area contributed by atoms with Crippen molar-refractivity contribution in [2.24, 2.45) is 46.3 Å². The summed E-state index contributed by atoms with van der Waals surface area (Å²) in [5.74, 6) is 5.50. The number of hydrogen-bond acceptors (Lipinski definition) is 4. The Morgan fingerprint density at radius 3 is 2.43 bits per heavy atom. The summed E-state index contributed by atoms with van der Waals surface area (Å²) in [5.41, 5.74) is 2.30. The second-order valence-corrected chi connectivity index (χ2v) is 13.5. The van der Waals surface area contributed by atoms with Crippen LogP contribution in [0.1, 0.15) is 98.8 Å². The zero-order valence-corrected chi connectivity index (χ0v) is 24.1. The normalized spacial score (nSPS) is 38.6. The summed E-state index contributed by atoms with van der Waals surface area (Å²) < 4.78 is 5.31. The van der Waals surface area contributed by atoms with Crippen LogP contribution >= 0.6 is 0 Å². The van der Waals surface area contributed by atoms with Gasteiger partial charge < -0.3 is 4.74 Å². The van der Waals surface area contributed by atoms with Crippen molar-refractivity contribution in [1.82, 2.24) is 15.0 Å². The number of benzene rings is 1.